The number of hydrogen-bond acceptors (Lipinski definition) is 4. The molecule has 0 aliphatic carbocycles. The van der Waals surface area contributed by atoms with Gasteiger partial charge in [0.25, 0.3) is 0 Å². The normalized spacial score (nSPS) is 10.5. The highest BCUT2D eigenvalue weighted by molar-refractivity contribution is 9.10. The molecule has 2 aromatic rings. The lowest BCUT2D eigenvalue weighted by Crippen LogP contribution is -2.17. The van der Waals surface area contributed by atoms with Gasteiger partial charge in [-0.05, 0) is 28.1 Å². The Labute approximate surface area is 117 Å². The summed E-state index contributed by atoms with van der Waals surface area (Å²) in [5.41, 5.74) is 6.19. The van der Waals surface area contributed by atoms with Crippen LogP contribution in [0.3, 0.4) is 0 Å². The van der Waals surface area contributed by atoms with Crippen LogP contribution in [0.4, 0.5) is 11.5 Å². The number of nitrogen functional groups attached to an aromatic ring is 1. The van der Waals surface area contributed by atoms with E-state index >= 15 is 0 Å². The summed E-state index contributed by atoms with van der Waals surface area (Å²) in [5.74, 6) is 0.741. The molecule has 0 bridgehead atoms. The zero-order valence-corrected chi connectivity index (χ0v) is 12.3. The lowest BCUT2D eigenvalue weighted by atomic mass is 10.3. The van der Waals surface area contributed by atoms with E-state index in [4.69, 9.17) is 17.3 Å². The van der Waals surface area contributed by atoms with Gasteiger partial charge in [0.05, 0.1) is 23.5 Å². The van der Waals surface area contributed by atoms with Gasteiger partial charge in [-0.2, -0.15) is 0 Å². The first-order valence-electron chi connectivity index (χ1n) is 4.91. The van der Waals surface area contributed by atoms with E-state index in [-0.39, 0.29) is 0 Å². The first kappa shape index (κ1) is 12.7. The van der Waals surface area contributed by atoms with Crippen molar-refractivity contribution in [1.29, 1.82) is 0 Å². The van der Waals surface area contributed by atoms with E-state index in [9.17, 15) is 0 Å². The number of thiophene rings is 1. The summed E-state index contributed by atoms with van der Waals surface area (Å²) in [6, 6.07) is 3.80. The average Bonchev–Trinajstić information content (AvgIpc) is 2.63. The van der Waals surface area contributed by atoms with E-state index in [0.717, 1.165) is 16.8 Å². The van der Waals surface area contributed by atoms with E-state index in [2.05, 4.69) is 32.4 Å². The zero-order valence-electron chi connectivity index (χ0n) is 9.15. The van der Waals surface area contributed by atoms with Crippen molar-refractivity contribution in [1.82, 2.24) is 4.98 Å². The van der Waals surface area contributed by atoms with Gasteiger partial charge >= 0.3 is 0 Å². The summed E-state index contributed by atoms with van der Waals surface area (Å²) in [5, 5.41) is 2.63. The number of pyridine rings is 1. The van der Waals surface area contributed by atoms with Crippen molar-refractivity contribution in [2.45, 2.75) is 6.54 Å². The lowest BCUT2D eigenvalue weighted by Gasteiger charge is -2.18. The van der Waals surface area contributed by atoms with Gasteiger partial charge in [-0.3, -0.25) is 0 Å². The van der Waals surface area contributed by atoms with Crippen LogP contribution in [0.1, 0.15) is 4.88 Å². The molecule has 2 aromatic heterocycles. The summed E-state index contributed by atoms with van der Waals surface area (Å²) < 4.78 is 1.10. The van der Waals surface area contributed by atoms with Crippen LogP contribution in [-0.4, -0.2) is 12.0 Å². The topological polar surface area (TPSA) is 42.2 Å². The summed E-state index contributed by atoms with van der Waals surface area (Å²) >= 11 is 11.2. The molecule has 0 aliphatic heterocycles. The van der Waals surface area contributed by atoms with E-state index in [1.807, 2.05) is 11.9 Å². The van der Waals surface area contributed by atoms with Gasteiger partial charge in [-0.25, -0.2) is 4.98 Å². The summed E-state index contributed by atoms with van der Waals surface area (Å²) in [4.78, 5) is 7.49. The highest BCUT2D eigenvalue weighted by Crippen LogP contribution is 2.27. The molecule has 6 heteroatoms. The molecule has 0 unspecified atom stereocenters. The van der Waals surface area contributed by atoms with Gasteiger partial charge in [-0.1, -0.05) is 11.6 Å². The van der Waals surface area contributed by atoms with Gasteiger partial charge in [-0.15, -0.1) is 11.3 Å². The molecule has 2 rings (SSSR count). The van der Waals surface area contributed by atoms with Crippen molar-refractivity contribution in [3.63, 3.8) is 0 Å². The van der Waals surface area contributed by atoms with E-state index in [0.29, 0.717) is 10.7 Å². The van der Waals surface area contributed by atoms with Crippen molar-refractivity contribution in [2.24, 2.45) is 0 Å². The fraction of sp³-hybridized carbons (Fsp3) is 0.182. The zero-order chi connectivity index (χ0) is 12.4. The molecule has 3 nitrogen and oxygen atoms in total. The molecule has 2 heterocycles. The van der Waals surface area contributed by atoms with E-state index in [1.54, 1.807) is 23.6 Å². The van der Waals surface area contributed by atoms with Crippen molar-refractivity contribution in [3.05, 3.63) is 38.1 Å². The molecular formula is C11H11BrClN3S. The third-order valence-corrected chi connectivity index (χ3v) is 4.18. The van der Waals surface area contributed by atoms with E-state index < -0.39 is 0 Å². The number of rotatable bonds is 3. The van der Waals surface area contributed by atoms with Gasteiger partial charge in [0.15, 0.2) is 0 Å². The highest BCUT2D eigenvalue weighted by Gasteiger charge is 2.09. The molecular weight excluding hydrogens is 322 g/mol. The Kier molecular flexibility index (Phi) is 3.91. The summed E-state index contributed by atoms with van der Waals surface area (Å²) in [6.45, 7) is 0.771. The number of nitrogens with two attached hydrogens (primary N) is 1. The number of anilines is 2. The molecule has 90 valence electrons. The number of nitrogens with zero attached hydrogens (tertiary/aromatic N) is 2. The summed E-state index contributed by atoms with van der Waals surface area (Å²) in [6.07, 6.45) is 1.61. The molecule has 0 saturated carbocycles. The molecule has 0 fully saturated rings. The predicted octanol–water partition coefficient (Wildman–Crippen LogP) is 3.78. The Bertz CT molecular complexity index is 529. The van der Waals surface area contributed by atoms with Crippen LogP contribution in [0.2, 0.25) is 5.02 Å². The molecule has 0 aliphatic rings. The monoisotopic (exact) mass is 331 g/mol. The number of hydrogen-bond donors (Lipinski definition) is 1. The largest absolute Gasteiger partial charge is 0.397 e. The maximum atomic E-state index is 6.11. The van der Waals surface area contributed by atoms with Crippen LogP contribution in [0.15, 0.2) is 28.2 Å². The fourth-order valence-corrected chi connectivity index (χ4v) is 3.29. The number of halogens is 2. The maximum absolute atomic E-state index is 6.11. The standard InChI is InChI=1S/C11H11BrClN3S/c1-16(5-9-2-7(12)6-17-9)11-10(13)3-8(14)4-15-11/h2-4,6H,5,14H2,1H3. The molecule has 0 saturated heterocycles. The predicted molar refractivity (Wildman–Crippen MR) is 77.8 cm³/mol. The molecule has 17 heavy (non-hydrogen) atoms. The van der Waals surface area contributed by atoms with Crippen molar-refractivity contribution in [3.8, 4) is 0 Å². The second kappa shape index (κ2) is 5.25. The van der Waals surface area contributed by atoms with E-state index in [1.165, 1.54) is 4.88 Å². The van der Waals surface area contributed by atoms with Gasteiger partial charge < -0.3 is 10.6 Å². The Balaban J connectivity index is 2.17. The molecule has 0 atom stereocenters. The van der Waals surface area contributed by atoms with Crippen LogP contribution < -0.4 is 10.6 Å². The van der Waals surface area contributed by atoms with Crippen LogP contribution >= 0.6 is 38.9 Å². The molecule has 0 spiro atoms. The van der Waals surface area contributed by atoms with Crippen LogP contribution in [0.25, 0.3) is 0 Å². The molecule has 0 amide bonds. The molecule has 2 N–H and O–H groups in total. The van der Waals surface area contributed by atoms with Crippen molar-refractivity contribution < 1.29 is 0 Å². The quantitative estimate of drug-likeness (QED) is 0.930. The Hall–Kier alpha value is -0.780. The Morgan fingerprint density at radius 2 is 2.29 bits per heavy atom. The second-order valence-corrected chi connectivity index (χ2v) is 5.98. The van der Waals surface area contributed by atoms with Crippen LogP contribution in [-0.2, 0) is 6.54 Å². The molecule has 0 aromatic carbocycles. The first-order valence-corrected chi connectivity index (χ1v) is 6.96. The average molecular weight is 333 g/mol. The first-order chi connectivity index (χ1) is 8.06. The molecule has 0 radical (unpaired) electrons. The maximum Gasteiger partial charge on any atom is 0.147 e. The van der Waals surface area contributed by atoms with Crippen LogP contribution in [0, 0.1) is 0 Å². The second-order valence-electron chi connectivity index (χ2n) is 3.66. The smallest absolute Gasteiger partial charge is 0.147 e. The minimum atomic E-state index is 0.572. The third kappa shape index (κ3) is 3.12. The minimum absolute atomic E-state index is 0.572. The summed E-state index contributed by atoms with van der Waals surface area (Å²) in [7, 11) is 1.96. The van der Waals surface area contributed by atoms with Crippen molar-refractivity contribution >= 4 is 50.4 Å². The highest BCUT2D eigenvalue weighted by atomic mass is 79.9. The minimum Gasteiger partial charge on any atom is -0.397 e. The SMILES string of the molecule is CN(Cc1cc(Br)cs1)c1ncc(N)cc1Cl. The Morgan fingerprint density at radius 1 is 1.53 bits per heavy atom. The third-order valence-electron chi connectivity index (χ3n) is 2.22. The van der Waals surface area contributed by atoms with Crippen molar-refractivity contribution in [2.75, 3.05) is 17.7 Å². The lowest BCUT2D eigenvalue weighted by molar-refractivity contribution is 0.913. The Morgan fingerprint density at radius 3 is 2.88 bits per heavy atom. The fourth-order valence-electron chi connectivity index (χ4n) is 1.47. The van der Waals surface area contributed by atoms with Gasteiger partial charge in [0.2, 0.25) is 0 Å². The number of aromatic nitrogens is 1. The van der Waals surface area contributed by atoms with Gasteiger partial charge in [0, 0.05) is 21.8 Å². The van der Waals surface area contributed by atoms with Gasteiger partial charge in [0.1, 0.15) is 5.82 Å². The van der Waals surface area contributed by atoms with Crippen LogP contribution in [0.5, 0.6) is 0 Å².